The predicted molar refractivity (Wildman–Crippen MR) is 118 cm³/mol. The molecule has 0 radical (unpaired) electrons. The smallest absolute Gasteiger partial charge is 0.221 e. The number of hydrogen-bond acceptors (Lipinski definition) is 4. The molecular formula is C19H15Cl3N2OS2. The predicted octanol–water partition coefficient (Wildman–Crippen LogP) is 6.90. The number of ether oxygens (including phenoxy) is 1. The van der Waals surface area contributed by atoms with E-state index in [1.54, 1.807) is 12.5 Å². The monoisotopic (exact) mass is 456 g/mol. The van der Waals surface area contributed by atoms with Crippen LogP contribution in [0.3, 0.4) is 0 Å². The lowest BCUT2D eigenvalue weighted by atomic mass is 10.1. The molecule has 0 aliphatic heterocycles. The van der Waals surface area contributed by atoms with E-state index < -0.39 is 5.50 Å². The molecule has 8 heteroatoms. The van der Waals surface area contributed by atoms with Crippen LogP contribution in [0.15, 0.2) is 67.3 Å². The van der Waals surface area contributed by atoms with Gasteiger partial charge < -0.3 is 9.30 Å². The molecule has 3 rings (SSSR count). The van der Waals surface area contributed by atoms with Crippen molar-refractivity contribution in [2.45, 2.75) is 17.4 Å². The highest BCUT2D eigenvalue weighted by molar-refractivity contribution is 8.22. The van der Waals surface area contributed by atoms with Crippen molar-refractivity contribution < 1.29 is 4.74 Å². The van der Waals surface area contributed by atoms with Crippen molar-refractivity contribution in [3.05, 3.63) is 88.4 Å². The van der Waals surface area contributed by atoms with Gasteiger partial charge in [0.2, 0.25) is 4.38 Å². The van der Waals surface area contributed by atoms with Gasteiger partial charge in [0.25, 0.3) is 0 Å². The third kappa shape index (κ3) is 5.62. The Balaban J connectivity index is 1.73. The third-order valence-corrected chi connectivity index (χ3v) is 6.53. The molecule has 2 atom stereocenters. The zero-order valence-corrected chi connectivity index (χ0v) is 17.9. The number of rotatable bonds is 6. The molecule has 0 amide bonds. The number of hydrogen-bond donors (Lipinski definition) is 0. The van der Waals surface area contributed by atoms with Gasteiger partial charge in [0.1, 0.15) is 12.1 Å². The fraction of sp³-hybridized carbons (Fsp3) is 0.158. The highest BCUT2D eigenvalue weighted by Gasteiger charge is 2.25. The fourth-order valence-corrected chi connectivity index (χ4v) is 4.38. The van der Waals surface area contributed by atoms with Crippen LogP contribution in [0, 0.1) is 0 Å². The van der Waals surface area contributed by atoms with Gasteiger partial charge in [-0.25, -0.2) is 4.98 Å². The van der Waals surface area contributed by atoms with E-state index in [2.05, 4.69) is 4.98 Å². The quantitative estimate of drug-likeness (QED) is 0.297. The maximum Gasteiger partial charge on any atom is 0.221 e. The van der Waals surface area contributed by atoms with Crippen LogP contribution in [0.2, 0.25) is 10.0 Å². The van der Waals surface area contributed by atoms with Crippen molar-refractivity contribution in [3.63, 3.8) is 0 Å². The molecule has 0 aliphatic rings. The Bertz CT molecular complexity index is 888. The number of halogens is 3. The van der Waals surface area contributed by atoms with Gasteiger partial charge in [0.05, 0.1) is 11.6 Å². The number of thiocarbonyl (C=S) groups is 1. The van der Waals surface area contributed by atoms with E-state index in [4.69, 9.17) is 51.8 Å². The topological polar surface area (TPSA) is 27.1 Å². The van der Waals surface area contributed by atoms with Crippen molar-refractivity contribution in [1.82, 2.24) is 9.55 Å². The number of alkyl halides is 1. The molecule has 0 saturated carbocycles. The Morgan fingerprint density at radius 3 is 2.56 bits per heavy atom. The normalized spacial score (nSPS) is 13.1. The van der Waals surface area contributed by atoms with Crippen LogP contribution in [0.5, 0.6) is 0 Å². The Morgan fingerprint density at radius 1 is 1.15 bits per heavy atom. The first-order valence-corrected chi connectivity index (χ1v) is 10.5. The molecule has 0 N–H and O–H groups in total. The molecular weight excluding hydrogens is 443 g/mol. The van der Waals surface area contributed by atoms with Crippen LogP contribution >= 0.6 is 58.8 Å². The number of aromatic nitrogens is 2. The van der Waals surface area contributed by atoms with Crippen molar-refractivity contribution in [1.29, 1.82) is 0 Å². The van der Waals surface area contributed by atoms with Gasteiger partial charge in [-0.2, -0.15) is 0 Å². The maximum atomic E-state index is 6.71. The highest BCUT2D eigenvalue weighted by Crippen LogP contribution is 2.42. The van der Waals surface area contributed by atoms with E-state index in [1.807, 2.05) is 59.3 Å². The Kier molecular flexibility index (Phi) is 7.44. The van der Waals surface area contributed by atoms with Gasteiger partial charge in [0, 0.05) is 28.0 Å². The minimum absolute atomic E-state index is 0.183. The molecule has 0 spiro atoms. The van der Waals surface area contributed by atoms with Crippen LogP contribution in [0.4, 0.5) is 0 Å². The molecule has 0 fully saturated rings. The summed E-state index contributed by atoms with van der Waals surface area (Å²) in [6, 6.07) is 15.0. The van der Waals surface area contributed by atoms with Gasteiger partial charge in [-0.1, -0.05) is 76.9 Å². The Labute approximate surface area is 182 Å². The van der Waals surface area contributed by atoms with Crippen molar-refractivity contribution in [3.8, 4) is 0 Å². The van der Waals surface area contributed by atoms with Gasteiger partial charge in [0.15, 0.2) is 0 Å². The molecule has 0 saturated heterocycles. The molecule has 0 aliphatic carbocycles. The molecule has 1 heterocycles. The summed E-state index contributed by atoms with van der Waals surface area (Å²) in [7, 11) is 0. The van der Waals surface area contributed by atoms with E-state index in [-0.39, 0.29) is 5.25 Å². The molecule has 27 heavy (non-hydrogen) atoms. The second-order valence-electron chi connectivity index (χ2n) is 5.60. The lowest BCUT2D eigenvalue weighted by molar-refractivity contribution is 0.310. The molecule has 0 bridgehead atoms. The number of benzene rings is 2. The summed E-state index contributed by atoms with van der Waals surface area (Å²) in [5.41, 5.74) is 1.46. The summed E-state index contributed by atoms with van der Waals surface area (Å²) >= 11 is 25.7. The SMILES string of the molecule is S=C(OCc1ccccc1Cl)SC(c1ccc(Cl)cc1)C(Cl)n1ccnc1. The third-order valence-electron chi connectivity index (χ3n) is 3.78. The Hall–Kier alpha value is -1.24. The zero-order valence-electron chi connectivity index (χ0n) is 14.0. The van der Waals surface area contributed by atoms with Gasteiger partial charge in [-0.3, -0.25) is 0 Å². The Morgan fingerprint density at radius 2 is 1.89 bits per heavy atom. The molecule has 3 nitrogen and oxygen atoms in total. The number of thioether (sulfide) groups is 1. The van der Waals surface area contributed by atoms with Crippen LogP contribution in [0.25, 0.3) is 0 Å². The first-order chi connectivity index (χ1) is 13.0. The second-order valence-corrected chi connectivity index (χ2v) is 8.64. The summed E-state index contributed by atoms with van der Waals surface area (Å²) in [6.45, 7) is 0.302. The van der Waals surface area contributed by atoms with E-state index >= 15 is 0 Å². The second kappa shape index (κ2) is 9.80. The van der Waals surface area contributed by atoms with E-state index in [0.29, 0.717) is 21.0 Å². The highest BCUT2D eigenvalue weighted by atomic mass is 35.5. The van der Waals surface area contributed by atoms with Crippen LogP contribution in [-0.2, 0) is 11.3 Å². The minimum Gasteiger partial charge on any atom is -0.474 e. The van der Waals surface area contributed by atoms with Crippen molar-refractivity contribution >= 4 is 63.2 Å². The zero-order chi connectivity index (χ0) is 19.2. The molecule has 1 aromatic heterocycles. The standard InChI is InChI=1S/C19H15Cl3N2OS2/c20-15-7-5-13(6-8-15)17(18(22)24-10-9-23-12-24)27-19(26)25-11-14-3-1-2-4-16(14)21/h1-10,12,17-18H,11H2. The summed E-state index contributed by atoms with van der Waals surface area (Å²) in [4.78, 5) is 4.07. The average Bonchev–Trinajstić information content (AvgIpc) is 3.20. The lowest BCUT2D eigenvalue weighted by Gasteiger charge is -2.23. The summed E-state index contributed by atoms with van der Waals surface area (Å²) in [5, 5.41) is 1.12. The molecule has 2 aromatic carbocycles. The summed E-state index contributed by atoms with van der Waals surface area (Å²) in [5.74, 6) is 0. The maximum absolute atomic E-state index is 6.71. The first kappa shape index (κ1) is 20.5. The van der Waals surface area contributed by atoms with Gasteiger partial charge in [-0.05, 0) is 36.0 Å². The van der Waals surface area contributed by atoms with Crippen LogP contribution in [0.1, 0.15) is 21.9 Å². The van der Waals surface area contributed by atoms with Gasteiger partial charge in [-0.15, -0.1) is 0 Å². The minimum atomic E-state index is -0.402. The van der Waals surface area contributed by atoms with Gasteiger partial charge >= 0.3 is 0 Å². The molecule has 2 unspecified atom stereocenters. The number of nitrogens with zero attached hydrogens (tertiary/aromatic N) is 2. The summed E-state index contributed by atoms with van der Waals surface area (Å²) in [6.07, 6.45) is 5.18. The van der Waals surface area contributed by atoms with Crippen molar-refractivity contribution in [2.24, 2.45) is 0 Å². The van der Waals surface area contributed by atoms with Crippen LogP contribution in [-0.4, -0.2) is 13.9 Å². The van der Waals surface area contributed by atoms with Crippen LogP contribution < -0.4 is 0 Å². The largest absolute Gasteiger partial charge is 0.474 e. The average molecular weight is 458 g/mol. The lowest BCUT2D eigenvalue weighted by Crippen LogP contribution is -2.12. The summed E-state index contributed by atoms with van der Waals surface area (Å²) < 4.78 is 7.97. The fourth-order valence-electron chi connectivity index (χ4n) is 2.40. The first-order valence-electron chi connectivity index (χ1n) is 7.98. The number of imidazole rings is 1. The van der Waals surface area contributed by atoms with Crippen molar-refractivity contribution in [2.75, 3.05) is 0 Å². The van der Waals surface area contributed by atoms with E-state index in [9.17, 15) is 0 Å². The van der Waals surface area contributed by atoms with E-state index in [0.717, 1.165) is 11.1 Å². The molecule has 3 aromatic rings. The molecule has 140 valence electrons. The van der Waals surface area contributed by atoms with E-state index in [1.165, 1.54) is 11.8 Å².